The van der Waals surface area contributed by atoms with Crippen LogP contribution in [0.1, 0.15) is 43.1 Å². The van der Waals surface area contributed by atoms with Crippen LogP contribution < -0.4 is 5.32 Å². The third-order valence-corrected chi connectivity index (χ3v) is 4.78. The molecule has 1 fully saturated rings. The zero-order chi connectivity index (χ0) is 16.2. The highest BCUT2D eigenvalue weighted by molar-refractivity contribution is 6.30. The molecule has 1 aliphatic heterocycles. The molecule has 1 aromatic heterocycles. The predicted octanol–water partition coefficient (Wildman–Crippen LogP) is 3.06. The zero-order valence-electron chi connectivity index (χ0n) is 13.6. The number of rotatable bonds is 5. The van der Waals surface area contributed by atoms with Gasteiger partial charge in [-0.2, -0.15) is 4.98 Å². The lowest BCUT2D eigenvalue weighted by molar-refractivity contribution is 0.126. The minimum absolute atomic E-state index is 0.151. The van der Waals surface area contributed by atoms with Gasteiger partial charge in [0.05, 0.1) is 6.04 Å². The van der Waals surface area contributed by atoms with Crippen LogP contribution in [0, 0.1) is 0 Å². The molecule has 1 aliphatic rings. The van der Waals surface area contributed by atoms with Gasteiger partial charge in [0, 0.05) is 24.0 Å². The maximum atomic E-state index is 5.91. The van der Waals surface area contributed by atoms with Gasteiger partial charge in [-0.1, -0.05) is 28.9 Å². The summed E-state index contributed by atoms with van der Waals surface area (Å²) in [6.07, 6.45) is 3.08. The third kappa shape index (κ3) is 4.10. The summed E-state index contributed by atoms with van der Waals surface area (Å²) < 4.78 is 5.50. The summed E-state index contributed by atoms with van der Waals surface area (Å²) in [5.74, 6) is 1.42. The van der Waals surface area contributed by atoms with E-state index in [2.05, 4.69) is 27.3 Å². The first-order valence-corrected chi connectivity index (χ1v) is 8.51. The van der Waals surface area contributed by atoms with E-state index in [0.29, 0.717) is 18.4 Å². The van der Waals surface area contributed by atoms with Crippen LogP contribution in [0.4, 0.5) is 0 Å². The average Bonchev–Trinajstić information content (AvgIpc) is 3.05. The van der Waals surface area contributed by atoms with E-state index >= 15 is 0 Å². The molecule has 0 bridgehead atoms. The van der Waals surface area contributed by atoms with Crippen molar-refractivity contribution in [2.75, 3.05) is 20.1 Å². The number of benzene rings is 1. The standard InChI is InChI=1S/C17H23ClN4O/c1-12(22-9-3-4-15(11-22)19-2)17-20-16(21-23-17)10-13-5-7-14(18)8-6-13/h5-8,12,15,19H,3-4,9-11H2,1-2H3. The van der Waals surface area contributed by atoms with Crippen molar-refractivity contribution in [3.8, 4) is 0 Å². The van der Waals surface area contributed by atoms with Crippen molar-refractivity contribution >= 4 is 11.6 Å². The van der Waals surface area contributed by atoms with Gasteiger partial charge in [0.15, 0.2) is 5.82 Å². The monoisotopic (exact) mass is 334 g/mol. The number of hydrogen-bond acceptors (Lipinski definition) is 5. The lowest BCUT2D eigenvalue weighted by Crippen LogP contribution is -2.45. The Morgan fingerprint density at radius 1 is 1.39 bits per heavy atom. The Bertz CT molecular complexity index is 628. The molecule has 0 saturated carbocycles. The fourth-order valence-corrected chi connectivity index (χ4v) is 3.17. The first-order chi connectivity index (χ1) is 11.2. The number of piperidine rings is 1. The van der Waals surface area contributed by atoms with Gasteiger partial charge in [-0.05, 0) is 51.1 Å². The average molecular weight is 335 g/mol. The highest BCUT2D eigenvalue weighted by Gasteiger charge is 2.26. The van der Waals surface area contributed by atoms with E-state index in [0.717, 1.165) is 29.5 Å². The molecule has 5 nitrogen and oxygen atoms in total. The molecule has 2 unspecified atom stereocenters. The fourth-order valence-electron chi connectivity index (χ4n) is 3.04. The molecule has 0 radical (unpaired) electrons. The van der Waals surface area contributed by atoms with Gasteiger partial charge >= 0.3 is 0 Å². The molecular formula is C17H23ClN4O. The van der Waals surface area contributed by atoms with Crippen molar-refractivity contribution in [2.45, 2.75) is 38.3 Å². The largest absolute Gasteiger partial charge is 0.338 e. The van der Waals surface area contributed by atoms with Crippen LogP contribution in [0.15, 0.2) is 28.8 Å². The molecule has 3 rings (SSSR count). The van der Waals surface area contributed by atoms with Crippen LogP contribution in [0.3, 0.4) is 0 Å². The fraction of sp³-hybridized carbons (Fsp3) is 0.529. The van der Waals surface area contributed by atoms with Gasteiger partial charge in [0.1, 0.15) is 0 Å². The number of halogens is 1. The zero-order valence-corrected chi connectivity index (χ0v) is 14.4. The van der Waals surface area contributed by atoms with Crippen LogP contribution in [0.25, 0.3) is 0 Å². The summed E-state index contributed by atoms with van der Waals surface area (Å²) in [4.78, 5) is 6.99. The molecule has 0 amide bonds. The van der Waals surface area contributed by atoms with Crippen LogP contribution >= 0.6 is 11.6 Å². The lowest BCUT2D eigenvalue weighted by atomic mass is 10.0. The predicted molar refractivity (Wildman–Crippen MR) is 90.6 cm³/mol. The van der Waals surface area contributed by atoms with E-state index in [1.54, 1.807) is 0 Å². The number of likely N-dealkylation sites (tertiary alicyclic amines) is 1. The molecule has 2 aromatic rings. The van der Waals surface area contributed by atoms with Gasteiger partial charge in [0.2, 0.25) is 5.89 Å². The number of nitrogens with zero attached hydrogens (tertiary/aromatic N) is 3. The molecule has 1 N–H and O–H groups in total. The second-order valence-electron chi connectivity index (χ2n) is 6.15. The minimum atomic E-state index is 0.151. The highest BCUT2D eigenvalue weighted by Crippen LogP contribution is 2.23. The SMILES string of the molecule is CNC1CCCN(C(C)c2nc(Cc3ccc(Cl)cc3)no2)C1. The second-order valence-corrected chi connectivity index (χ2v) is 6.59. The van der Waals surface area contributed by atoms with Gasteiger partial charge in [-0.25, -0.2) is 0 Å². The van der Waals surface area contributed by atoms with Crippen molar-refractivity contribution in [3.05, 3.63) is 46.6 Å². The summed E-state index contributed by atoms with van der Waals surface area (Å²) in [5.41, 5.74) is 1.13. The molecule has 124 valence electrons. The van der Waals surface area contributed by atoms with E-state index < -0.39 is 0 Å². The maximum absolute atomic E-state index is 5.91. The summed E-state index contributed by atoms with van der Waals surface area (Å²) in [7, 11) is 2.02. The second kappa shape index (κ2) is 7.43. The lowest BCUT2D eigenvalue weighted by Gasteiger charge is -2.35. The van der Waals surface area contributed by atoms with Crippen LogP contribution in [0.5, 0.6) is 0 Å². The van der Waals surface area contributed by atoms with E-state index in [1.807, 2.05) is 31.3 Å². The van der Waals surface area contributed by atoms with Crippen molar-refractivity contribution < 1.29 is 4.52 Å². The molecular weight excluding hydrogens is 312 g/mol. The van der Waals surface area contributed by atoms with Gasteiger partial charge in [-0.15, -0.1) is 0 Å². The van der Waals surface area contributed by atoms with Gasteiger partial charge in [-0.3, -0.25) is 4.90 Å². The molecule has 2 heterocycles. The van der Waals surface area contributed by atoms with Crippen LogP contribution in [0.2, 0.25) is 5.02 Å². The first kappa shape index (κ1) is 16.4. The van der Waals surface area contributed by atoms with Gasteiger partial charge in [0.25, 0.3) is 0 Å². The summed E-state index contributed by atoms with van der Waals surface area (Å²) in [5, 5.41) is 8.23. The van der Waals surface area contributed by atoms with Crippen LogP contribution in [-0.4, -0.2) is 41.2 Å². The van der Waals surface area contributed by atoms with E-state index in [4.69, 9.17) is 16.1 Å². The Hall–Kier alpha value is -1.43. The van der Waals surface area contributed by atoms with Crippen molar-refractivity contribution in [1.82, 2.24) is 20.4 Å². The number of nitrogens with one attached hydrogen (secondary N) is 1. The third-order valence-electron chi connectivity index (χ3n) is 4.53. The summed E-state index contributed by atoms with van der Waals surface area (Å²) >= 11 is 5.91. The topological polar surface area (TPSA) is 54.2 Å². The number of aromatic nitrogens is 2. The van der Waals surface area contributed by atoms with Crippen molar-refractivity contribution in [1.29, 1.82) is 0 Å². The highest BCUT2D eigenvalue weighted by atomic mass is 35.5. The Labute approximate surface area is 142 Å². The van der Waals surface area contributed by atoms with E-state index in [-0.39, 0.29) is 6.04 Å². The summed E-state index contributed by atoms with van der Waals surface area (Å²) in [6, 6.07) is 8.44. The maximum Gasteiger partial charge on any atom is 0.243 e. The van der Waals surface area contributed by atoms with E-state index in [1.165, 1.54) is 12.8 Å². The Morgan fingerprint density at radius 3 is 2.91 bits per heavy atom. The van der Waals surface area contributed by atoms with Crippen LogP contribution in [-0.2, 0) is 6.42 Å². The van der Waals surface area contributed by atoms with E-state index in [9.17, 15) is 0 Å². The quantitative estimate of drug-likeness (QED) is 0.910. The molecule has 1 aromatic carbocycles. The Balaban J connectivity index is 1.65. The molecule has 1 saturated heterocycles. The molecule has 6 heteroatoms. The molecule has 2 atom stereocenters. The molecule has 23 heavy (non-hydrogen) atoms. The normalized spacial score (nSPS) is 20.6. The smallest absolute Gasteiger partial charge is 0.243 e. The summed E-state index contributed by atoms with van der Waals surface area (Å²) in [6.45, 7) is 4.23. The van der Waals surface area contributed by atoms with Gasteiger partial charge < -0.3 is 9.84 Å². The molecule has 0 aliphatic carbocycles. The number of hydrogen-bond donors (Lipinski definition) is 1. The Kier molecular flexibility index (Phi) is 5.30. The number of likely N-dealkylation sites (N-methyl/N-ethyl adjacent to an activating group) is 1. The molecule has 0 spiro atoms. The minimum Gasteiger partial charge on any atom is -0.338 e. The van der Waals surface area contributed by atoms with Crippen molar-refractivity contribution in [3.63, 3.8) is 0 Å². The first-order valence-electron chi connectivity index (χ1n) is 8.14. The van der Waals surface area contributed by atoms with Crippen molar-refractivity contribution in [2.24, 2.45) is 0 Å². The Morgan fingerprint density at radius 2 is 2.17 bits per heavy atom.